The molecule has 0 aromatic carbocycles. The maximum atomic E-state index is 11.8. The molecule has 0 heterocycles. The van der Waals surface area contributed by atoms with Gasteiger partial charge < -0.3 is 32.3 Å². The molecule has 8 fully saturated rings. The molecular weight excluding hydrogens is 868 g/mol. The predicted molar refractivity (Wildman–Crippen MR) is 263 cm³/mol. The molecule has 0 spiro atoms. The molecule has 4 N–H and O–H groups in total. The molecule has 0 unspecified atom stereocenters. The summed E-state index contributed by atoms with van der Waals surface area (Å²) in [6.07, 6.45) is 22.9. The van der Waals surface area contributed by atoms with Crippen molar-refractivity contribution in [3.8, 4) is 6.07 Å². The first-order chi connectivity index (χ1) is 30.7. The molecule has 0 aromatic heterocycles. The van der Waals surface area contributed by atoms with Crippen LogP contribution in [0, 0.1) is 128 Å². The minimum Gasteiger partial charge on any atom is -0.512 e. The summed E-state index contributed by atoms with van der Waals surface area (Å²) in [5.41, 5.74) is 1.15. The quantitative estimate of drug-likeness (QED) is 0.0647. The van der Waals surface area contributed by atoms with E-state index in [-0.39, 0.29) is 78.8 Å². The van der Waals surface area contributed by atoms with E-state index in [4.69, 9.17) is 21.3 Å². The number of nitriles is 1. The van der Waals surface area contributed by atoms with Crippen LogP contribution in [0.3, 0.4) is 0 Å². The minimum atomic E-state index is -3.36. The Bertz CT molecular complexity index is 1760. The van der Waals surface area contributed by atoms with Crippen molar-refractivity contribution >= 4 is 10.1 Å². The number of hydrogen-bond acceptors (Lipinski definition) is 9. The third-order valence-corrected chi connectivity index (χ3v) is 22.9. The van der Waals surface area contributed by atoms with Gasteiger partial charge in [0.25, 0.3) is 10.1 Å². The Labute approximate surface area is 432 Å². The first kappa shape index (κ1) is 59.3. The van der Waals surface area contributed by atoms with Gasteiger partial charge in [-0.1, -0.05) is 75.7 Å². The van der Waals surface area contributed by atoms with E-state index >= 15 is 0 Å². The summed E-state index contributed by atoms with van der Waals surface area (Å²) >= 11 is 0. The van der Waals surface area contributed by atoms with Crippen LogP contribution >= 0.6 is 0 Å². The minimum absolute atomic E-state index is 0. The van der Waals surface area contributed by atoms with E-state index in [1.807, 2.05) is 0 Å². The number of nitrogens with zero attached hydrogens (tertiary/aromatic N) is 2. The molecule has 0 radical (unpaired) electrons. The SMILES string of the molecule is C.CC[C@H]1[C@@H](O)[C@@H]2[C@H](CC[C@]3(C)[C@@H]([C@H](C)CCCC#N)CC[C@@H]23)[C@@]2(C)CC[C@@H](O)C[C@@H]12.CC[C@H]1[C@@H](O)[C@@H]2[C@H](CC[C@]3(C)[C@@H]([C@H](C)CCCOS(C)(=O)=O)CC[C@@H]23)[C@@]2(C)CC[C@@H](O)C[C@@H]12.[C-]#N.[Na+]. The fraction of sp³-hybridized carbons (Fsp3) is 0.964. The van der Waals surface area contributed by atoms with Crippen LogP contribution in [0.5, 0.6) is 0 Å². The van der Waals surface area contributed by atoms with Gasteiger partial charge in [0.1, 0.15) is 0 Å². The van der Waals surface area contributed by atoms with E-state index in [0.717, 1.165) is 82.8 Å². The molecule has 9 nitrogen and oxygen atoms in total. The summed E-state index contributed by atoms with van der Waals surface area (Å²) in [5.74, 6) is 7.42. The molecule has 0 aliphatic heterocycles. The van der Waals surface area contributed by atoms with Gasteiger partial charge >= 0.3 is 29.6 Å². The topological polar surface area (TPSA) is 172 Å². The molecule has 8 aliphatic rings. The van der Waals surface area contributed by atoms with Crippen LogP contribution in [0.1, 0.15) is 198 Å². The smallest absolute Gasteiger partial charge is 0.512 e. The molecule has 8 saturated carbocycles. The van der Waals surface area contributed by atoms with E-state index in [2.05, 4.69) is 61.5 Å². The predicted octanol–water partition coefficient (Wildman–Crippen LogP) is 8.69. The molecule has 22 atom stereocenters. The van der Waals surface area contributed by atoms with Gasteiger partial charge in [-0.25, -0.2) is 0 Å². The zero-order valence-corrected chi connectivity index (χ0v) is 46.1. The molecule has 0 saturated heterocycles. The standard InChI is InChI=1S/C27H45NO2.C27H48O5S.CN.CH4.Na/c1-5-19-23-16-18(29)11-13-27(23,4)22-12-14-26(3)20(17(2)8-6-7-15-28)9-10-21(26)24(22)25(19)30;1-6-19-23-16-18(28)11-13-27(23,4)22-12-14-26(3)20(9-10-21(26)24(22)25(19)29)17(2)8-7-15-32-33(5,30)31;1-2;;/h17-25,29-30H,5-14,16H2,1-4H3;17-25,28-29H,6-16H2,1-5H3;;1H4;/q;;-1;;+1/t2*17-,18-,19-,20-,21+,22+,23+,24+,25-,26-,27-;;;/m11.../s1. The molecule has 8 rings (SSSR count). The van der Waals surface area contributed by atoms with Crippen LogP contribution < -0.4 is 29.6 Å². The van der Waals surface area contributed by atoms with E-state index in [0.29, 0.717) is 94.2 Å². The van der Waals surface area contributed by atoms with Crippen LogP contribution in [0.2, 0.25) is 0 Å². The molecule has 0 bridgehead atoms. The maximum Gasteiger partial charge on any atom is 1.00 e. The first-order valence-corrected chi connectivity index (χ1v) is 28.7. The summed E-state index contributed by atoms with van der Waals surface area (Å²) in [5, 5.41) is 59.6. The van der Waals surface area contributed by atoms with Gasteiger partial charge in [-0.05, 0) is 220 Å². The fourth-order valence-corrected chi connectivity index (χ4v) is 19.8. The summed E-state index contributed by atoms with van der Waals surface area (Å²) < 4.78 is 27.5. The van der Waals surface area contributed by atoms with Crippen molar-refractivity contribution in [3.63, 3.8) is 0 Å². The number of aliphatic hydroxyl groups excluding tert-OH is 4. The molecule has 380 valence electrons. The van der Waals surface area contributed by atoms with Crippen molar-refractivity contribution in [2.75, 3.05) is 12.9 Å². The van der Waals surface area contributed by atoms with Crippen LogP contribution in [-0.2, 0) is 14.3 Å². The second-order valence-corrected chi connectivity index (χ2v) is 26.6. The van der Waals surface area contributed by atoms with Crippen molar-refractivity contribution < 1.29 is 62.6 Å². The van der Waals surface area contributed by atoms with E-state index in [1.165, 1.54) is 57.8 Å². The largest absolute Gasteiger partial charge is 1.00 e. The summed E-state index contributed by atoms with van der Waals surface area (Å²) in [4.78, 5) is 0. The Morgan fingerprint density at radius 1 is 0.627 bits per heavy atom. The van der Waals surface area contributed by atoms with Crippen LogP contribution in [0.15, 0.2) is 0 Å². The van der Waals surface area contributed by atoms with E-state index in [9.17, 15) is 28.8 Å². The van der Waals surface area contributed by atoms with Gasteiger partial charge in [-0.2, -0.15) is 13.7 Å². The average Bonchev–Trinajstić information content (AvgIpc) is 3.81. The normalized spacial score (nSPS) is 47.0. The maximum absolute atomic E-state index is 11.8. The van der Waals surface area contributed by atoms with Gasteiger partial charge in [0.2, 0.25) is 0 Å². The molecule has 0 aromatic rings. The van der Waals surface area contributed by atoms with Crippen molar-refractivity contribution in [1.29, 1.82) is 10.5 Å². The Morgan fingerprint density at radius 2 is 1.00 bits per heavy atom. The first-order valence-electron chi connectivity index (χ1n) is 26.9. The summed E-state index contributed by atoms with van der Waals surface area (Å²) in [7, 11) is -3.36. The zero-order valence-electron chi connectivity index (χ0n) is 43.3. The number of hydrogen-bond donors (Lipinski definition) is 4. The molecule has 0 amide bonds. The Balaban J connectivity index is 0.000000275. The Hall–Kier alpha value is -0.270. The fourth-order valence-electron chi connectivity index (χ4n) is 19.4. The Kier molecular flexibility index (Phi) is 21.0. The van der Waals surface area contributed by atoms with Crippen molar-refractivity contribution in [2.24, 2.45) is 105 Å². The van der Waals surface area contributed by atoms with Crippen molar-refractivity contribution in [1.82, 2.24) is 0 Å². The van der Waals surface area contributed by atoms with Crippen molar-refractivity contribution in [2.45, 2.75) is 222 Å². The van der Waals surface area contributed by atoms with Crippen molar-refractivity contribution in [3.05, 3.63) is 6.57 Å². The van der Waals surface area contributed by atoms with Crippen LogP contribution in [-0.4, -0.2) is 66.1 Å². The third kappa shape index (κ3) is 11.2. The van der Waals surface area contributed by atoms with Gasteiger partial charge in [-0.3, -0.25) is 4.18 Å². The van der Waals surface area contributed by atoms with Crippen LogP contribution in [0.25, 0.3) is 0 Å². The number of unbranched alkanes of at least 4 members (excludes halogenated alkanes) is 1. The third-order valence-electron chi connectivity index (χ3n) is 22.4. The van der Waals surface area contributed by atoms with Gasteiger partial charge in [-0.15, -0.1) is 0 Å². The van der Waals surface area contributed by atoms with E-state index in [1.54, 1.807) is 0 Å². The van der Waals surface area contributed by atoms with Gasteiger partial charge in [0, 0.05) is 6.42 Å². The second kappa shape index (κ2) is 23.7. The number of rotatable bonds is 12. The second-order valence-electron chi connectivity index (χ2n) is 24.9. The van der Waals surface area contributed by atoms with Crippen LogP contribution in [0.4, 0.5) is 0 Å². The van der Waals surface area contributed by atoms with Gasteiger partial charge in [0.05, 0.1) is 43.3 Å². The number of fused-ring (bicyclic) bond motifs is 10. The molecular formula is C56H97N2NaO7S. The summed E-state index contributed by atoms with van der Waals surface area (Å²) in [6, 6.07) is 2.32. The van der Waals surface area contributed by atoms with Gasteiger partial charge in [0.15, 0.2) is 0 Å². The monoisotopic (exact) mass is 965 g/mol. The molecule has 67 heavy (non-hydrogen) atoms. The summed E-state index contributed by atoms with van der Waals surface area (Å²) in [6.45, 7) is 24.4. The number of aliphatic hydroxyl groups is 4. The molecule has 11 heteroatoms. The molecule has 8 aliphatic carbocycles. The average molecular weight is 965 g/mol. The zero-order chi connectivity index (χ0) is 47.9. The van der Waals surface area contributed by atoms with E-state index < -0.39 is 10.1 Å². The Morgan fingerprint density at radius 3 is 1.37 bits per heavy atom.